The molecule has 0 unspecified atom stereocenters. The highest BCUT2D eigenvalue weighted by molar-refractivity contribution is 6.30. The van der Waals surface area contributed by atoms with Gasteiger partial charge in [-0.05, 0) is 47.9 Å². The van der Waals surface area contributed by atoms with Crippen LogP contribution in [0.25, 0.3) is 0 Å². The fourth-order valence-electron chi connectivity index (χ4n) is 2.63. The summed E-state index contributed by atoms with van der Waals surface area (Å²) in [6, 6.07) is 26.7. The molecule has 1 atom stereocenters. The minimum Gasteiger partial charge on any atom is -0.489 e. The van der Waals surface area contributed by atoms with Crippen LogP contribution >= 0.6 is 11.6 Å². The van der Waals surface area contributed by atoms with Gasteiger partial charge in [0.1, 0.15) is 12.4 Å². The fraction of sp³-hybridized carbons (Fsp3) is 0.182. The van der Waals surface area contributed by atoms with Crippen LogP contribution in [-0.2, 0) is 13.2 Å². The number of hydrogen-bond acceptors (Lipinski definition) is 2. The first-order valence-corrected chi connectivity index (χ1v) is 8.83. The molecule has 0 saturated heterocycles. The molecule has 0 heterocycles. The molecule has 128 valence electrons. The van der Waals surface area contributed by atoms with Gasteiger partial charge in [-0.25, -0.2) is 0 Å². The van der Waals surface area contributed by atoms with E-state index in [0.29, 0.717) is 12.6 Å². The average Bonchev–Trinajstić information content (AvgIpc) is 2.66. The summed E-state index contributed by atoms with van der Waals surface area (Å²) in [5.41, 5.74) is 3.59. The number of nitrogens with one attached hydrogen (secondary N) is 1. The molecule has 0 amide bonds. The van der Waals surface area contributed by atoms with Gasteiger partial charge in [-0.2, -0.15) is 0 Å². The van der Waals surface area contributed by atoms with E-state index in [4.69, 9.17) is 16.3 Å². The monoisotopic (exact) mass is 351 g/mol. The zero-order valence-electron chi connectivity index (χ0n) is 14.3. The Morgan fingerprint density at radius 2 is 1.64 bits per heavy atom. The number of hydrogen-bond donors (Lipinski definition) is 1. The van der Waals surface area contributed by atoms with Crippen LogP contribution in [-0.4, -0.2) is 0 Å². The van der Waals surface area contributed by atoms with Crippen LogP contribution in [0.1, 0.15) is 29.7 Å². The molecule has 0 radical (unpaired) electrons. The van der Waals surface area contributed by atoms with Gasteiger partial charge in [-0.1, -0.05) is 66.2 Å². The van der Waals surface area contributed by atoms with E-state index >= 15 is 0 Å². The standard InChI is InChI=1S/C22H22ClNO/c1-17(20-7-3-2-4-8-20)24-15-18-10-12-22(13-11-18)25-16-19-6-5-9-21(23)14-19/h2-14,17,24H,15-16H2,1H3/t17-/m0/s1. The lowest BCUT2D eigenvalue weighted by atomic mass is 10.1. The summed E-state index contributed by atoms with van der Waals surface area (Å²) in [7, 11) is 0. The van der Waals surface area contributed by atoms with E-state index in [1.807, 2.05) is 42.5 Å². The highest BCUT2D eigenvalue weighted by atomic mass is 35.5. The molecule has 3 aromatic carbocycles. The molecule has 0 saturated carbocycles. The third-order valence-electron chi connectivity index (χ3n) is 4.13. The summed E-state index contributed by atoms with van der Waals surface area (Å²) < 4.78 is 5.82. The van der Waals surface area contributed by atoms with Crippen molar-refractivity contribution in [1.29, 1.82) is 0 Å². The van der Waals surface area contributed by atoms with Crippen molar-refractivity contribution in [2.45, 2.75) is 26.1 Å². The second kappa shape index (κ2) is 8.70. The first-order chi connectivity index (χ1) is 12.2. The number of ether oxygens (including phenoxy) is 1. The molecule has 0 spiro atoms. The summed E-state index contributed by atoms with van der Waals surface area (Å²) in [6.45, 7) is 3.52. The minimum atomic E-state index is 0.319. The molecule has 3 heteroatoms. The van der Waals surface area contributed by atoms with E-state index in [2.05, 4.69) is 48.6 Å². The molecule has 0 fully saturated rings. The minimum absolute atomic E-state index is 0.319. The van der Waals surface area contributed by atoms with Gasteiger partial charge in [0.25, 0.3) is 0 Å². The lowest BCUT2D eigenvalue weighted by molar-refractivity contribution is 0.306. The van der Waals surface area contributed by atoms with Crippen LogP contribution in [0.2, 0.25) is 5.02 Å². The van der Waals surface area contributed by atoms with E-state index in [1.54, 1.807) is 0 Å². The summed E-state index contributed by atoms with van der Waals surface area (Å²) in [5, 5.41) is 4.27. The lowest BCUT2D eigenvalue weighted by Crippen LogP contribution is -2.17. The molecular weight excluding hydrogens is 330 g/mol. The van der Waals surface area contributed by atoms with E-state index in [1.165, 1.54) is 11.1 Å². The van der Waals surface area contributed by atoms with Gasteiger partial charge in [0.2, 0.25) is 0 Å². The number of halogens is 1. The first kappa shape index (κ1) is 17.5. The van der Waals surface area contributed by atoms with Crippen LogP contribution < -0.4 is 10.1 Å². The van der Waals surface area contributed by atoms with Gasteiger partial charge >= 0.3 is 0 Å². The van der Waals surface area contributed by atoms with Gasteiger partial charge in [-0.15, -0.1) is 0 Å². The Morgan fingerprint density at radius 3 is 2.36 bits per heavy atom. The van der Waals surface area contributed by atoms with E-state index < -0.39 is 0 Å². The van der Waals surface area contributed by atoms with Crippen LogP contribution in [0, 0.1) is 0 Å². The van der Waals surface area contributed by atoms with E-state index in [-0.39, 0.29) is 0 Å². The molecule has 0 aliphatic rings. The summed E-state index contributed by atoms with van der Waals surface area (Å²) in [4.78, 5) is 0. The Hall–Kier alpha value is -2.29. The highest BCUT2D eigenvalue weighted by Crippen LogP contribution is 2.17. The van der Waals surface area contributed by atoms with Crippen molar-refractivity contribution in [1.82, 2.24) is 5.32 Å². The second-order valence-corrected chi connectivity index (χ2v) is 6.51. The summed E-state index contributed by atoms with van der Waals surface area (Å²) >= 11 is 5.99. The predicted molar refractivity (Wildman–Crippen MR) is 104 cm³/mol. The summed E-state index contributed by atoms with van der Waals surface area (Å²) in [5.74, 6) is 0.861. The van der Waals surface area contributed by atoms with Crippen molar-refractivity contribution in [3.05, 3.63) is 101 Å². The molecule has 2 nitrogen and oxygen atoms in total. The molecule has 1 N–H and O–H groups in total. The summed E-state index contributed by atoms with van der Waals surface area (Å²) in [6.07, 6.45) is 0. The van der Waals surface area contributed by atoms with Crippen molar-refractivity contribution < 1.29 is 4.74 Å². The molecule has 0 aromatic heterocycles. The van der Waals surface area contributed by atoms with Gasteiger partial charge in [0, 0.05) is 17.6 Å². The maximum atomic E-state index is 5.99. The van der Waals surface area contributed by atoms with Gasteiger partial charge in [-0.3, -0.25) is 0 Å². The van der Waals surface area contributed by atoms with Crippen LogP contribution in [0.3, 0.4) is 0 Å². The largest absolute Gasteiger partial charge is 0.489 e. The second-order valence-electron chi connectivity index (χ2n) is 6.08. The Balaban J connectivity index is 1.50. The van der Waals surface area contributed by atoms with Crippen molar-refractivity contribution >= 4 is 11.6 Å². The fourth-order valence-corrected chi connectivity index (χ4v) is 2.84. The van der Waals surface area contributed by atoms with E-state index in [0.717, 1.165) is 22.9 Å². The Morgan fingerprint density at radius 1 is 0.880 bits per heavy atom. The van der Waals surface area contributed by atoms with Gasteiger partial charge in [0.05, 0.1) is 0 Å². The van der Waals surface area contributed by atoms with Crippen molar-refractivity contribution in [3.8, 4) is 5.75 Å². The zero-order valence-corrected chi connectivity index (χ0v) is 15.0. The van der Waals surface area contributed by atoms with Gasteiger partial charge < -0.3 is 10.1 Å². The number of benzene rings is 3. The number of rotatable bonds is 7. The zero-order chi connectivity index (χ0) is 17.5. The third kappa shape index (κ3) is 5.35. The molecule has 0 aliphatic carbocycles. The Labute approximate surface area is 154 Å². The van der Waals surface area contributed by atoms with Gasteiger partial charge in [0.15, 0.2) is 0 Å². The van der Waals surface area contributed by atoms with Crippen molar-refractivity contribution in [2.75, 3.05) is 0 Å². The van der Waals surface area contributed by atoms with Crippen LogP contribution in [0.5, 0.6) is 5.75 Å². The first-order valence-electron chi connectivity index (χ1n) is 8.45. The van der Waals surface area contributed by atoms with Crippen molar-refractivity contribution in [3.63, 3.8) is 0 Å². The quantitative estimate of drug-likeness (QED) is 0.583. The normalized spacial score (nSPS) is 11.9. The SMILES string of the molecule is C[C@H](NCc1ccc(OCc2cccc(Cl)c2)cc1)c1ccccc1. The smallest absolute Gasteiger partial charge is 0.119 e. The molecule has 25 heavy (non-hydrogen) atoms. The molecule has 3 aromatic rings. The Bertz CT molecular complexity index is 787. The highest BCUT2D eigenvalue weighted by Gasteiger charge is 2.04. The average molecular weight is 352 g/mol. The third-order valence-corrected chi connectivity index (χ3v) is 4.36. The van der Waals surface area contributed by atoms with E-state index in [9.17, 15) is 0 Å². The maximum Gasteiger partial charge on any atom is 0.119 e. The van der Waals surface area contributed by atoms with Crippen molar-refractivity contribution in [2.24, 2.45) is 0 Å². The topological polar surface area (TPSA) is 21.3 Å². The molecule has 0 aliphatic heterocycles. The molecular formula is C22H22ClNO. The maximum absolute atomic E-state index is 5.99. The lowest BCUT2D eigenvalue weighted by Gasteiger charge is -2.14. The predicted octanol–water partition coefficient (Wildman–Crippen LogP) is 5.77. The van der Waals surface area contributed by atoms with Crippen LogP contribution in [0.4, 0.5) is 0 Å². The molecule has 3 rings (SSSR count). The Kier molecular flexibility index (Phi) is 6.10. The molecule has 0 bridgehead atoms. The van der Waals surface area contributed by atoms with Crippen LogP contribution in [0.15, 0.2) is 78.9 Å².